The first-order valence-corrected chi connectivity index (χ1v) is 12.0. The predicted octanol–water partition coefficient (Wildman–Crippen LogP) is 2.21. The Balaban J connectivity index is 1.60. The molecule has 0 radical (unpaired) electrons. The monoisotopic (exact) mass is 458 g/mol. The zero-order valence-corrected chi connectivity index (χ0v) is 18.5. The maximum atomic E-state index is 12.6. The van der Waals surface area contributed by atoms with E-state index in [1.165, 1.54) is 12.1 Å². The van der Waals surface area contributed by atoms with Crippen molar-refractivity contribution in [3.63, 3.8) is 0 Å². The van der Waals surface area contributed by atoms with Gasteiger partial charge >= 0.3 is 5.97 Å². The number of esters is 1. The standard InChI is InChI=1S/C20H27ClN2O6S/c1-14-6-8-23(9-7-14)19(24)13-29-20(25)15-4-5-17(21)18(11-15)30(26,27)22-12-16-3-2-10-28-16/h4-5,11,14,16,22H,2-3,6-10,12-13H2,1H3. The van der Waals surface area contributed by atoms with E-state index in [4.69, 9.17) is 21.1 Å². The van der Waals surface area contributed by atoms with Crippen molar-refractivity contribution in [3.8, 4) is 0 Å². The number of hydrogen-bond acceptors (Lipinski definition) is 6. The maximum Gasteiger partial charge on any atom is 0.338 e. The lowest BCUT2D eigenvalue weighted by molar-refractivity contribution is -0.135. The van der Waals surface area contributed by atoms with Crippen LogP contribution in [0.2, 0.25) is 5.02 Å². The van der Waals surface area contributed by atoms with Gasteiger partial charge in [-0.15, -0.1) is 0 Å². The average molecular weight is 459 g/mol. The van der Waals surface area contributed by atoms with Crippen molar-refractivity contribution >= 4 is 33.5 Å². The summed E-state index contributed by atoms with van der Waals surface area (Å²) in [7, 11) is -3.93. The van der Waals surface area contributed by atoms with Gasteiger partial charge in [-0.05, 0) is 49.8 Å². The fourth-order valence-corrected chi connectivity index (χ4v) is 5.07. The summed E-state index contributed by atoms with van der Waals surface area (Å²) < 4.78 is 38.2. The number of carbonyl (C=O) groups is 2. The largest absolute Gasteiger partial charge is 0.452 e. The van der Waals surface area contributed by atoms with Gasteiger partial charge in [-0.25, -0.2) is 17.9 Å². The van der Waals surface area contributed by atoms with Gasteiger partial charge in [0, 0.05) is 26.2 Å². The molecule has 0 bridgehead atoms. The average Bonchev–Trinajstić information content (AvgIpc) is 3.25. The number of piperidine rings is 1. The van der Waals surface area contributed by atoms with E-state index < -0.39 is 16.0 Å². The molecule has 30 heavy (non-hydrogen) atoms. The molecule has 2 aliphatic heterocycles. The summed E-state index contributed by atoms with van der Waals surface area (Å²) >= 11 is 6.06. The number of carbonyl (C=O) groups excluding carboxylic acids is 2. The molecule has 0 saturated carbocycles. The second kappa shape index (κ2) is 10.1. The van der Waals surface area contributed by atoms with Gasteiger partial charge in [0.2, 0.25) is 10.0 Å². The molecular weight excluding hydrogens is 432 g/mol. The maximum absolute atomic E-state index is 12.6. The number of benzene rings is 1. The van der Waals surface area contributed by atoms with E-state index in [-0.39, 0.29) is 40.6 Å². The number of halogens is 1. The molecule has 1 atom stereocenters. The summed E-state index contributed by atoms with van der Waals surface area (Å²) in [6, 6.07) is 3.86. The third-order valence-corrected chi connectivity index (χ3v) is 7.35. The van der Waals surface area contributed by atoms with Gasteiger partial charge in [-0.1, -0.05) is 18.5 Å². The molecule has 0 aromatic heterocycles. The molecule has 1 unspecified atom stereocenters. The van der Waals surface area contributed by atoms with Crippen LogP contribution in [0.15, 0.2) is 23.1 Å². The van der Waals surface area contributed by atoms with E-state index >= 15 is 0 Å². The minimum Gasteiger partial charge on any atom is -0.452 e. The van der Waals surface area contributed by atoms with Crippen LogP contribution in [0.25, 0.3) is 0 Å². The highest BCUT2D eigenvalue weighted by atomic mass is 35.5. The SMILES string of the molecule is CC1CCN(C(=O)COC(=O)c2ccc(Cl)c(S(=O)(=O)NCC3CCCO3)c2)CC1. The quantitative estimate of drug-likeness (QED) is 0.628. The number of rotatable bonds is 7. The second-order valence-electron chi connectivity index (χ2n) is 7.77. The van der Waals surface area contributed by atoms with Crippen LogP contribution in [0, 0.1) is 5.92 Å². The van der Waals surface area contributed by atoms with Crippen LogP contribution in [0.5, 0.6) is 0 Å². The first-order chi connectivity index (χ1) is 14.3. The lowest BCUT2D eigenvalue weighted by atomic mass is 9.99. The summed E-state index contributed by atoms with van der Waals surface area (Å²) in [5.74, 6) is -0.448. The second-order valence-corrected chi connectivity index (χ2v) is 9.91. The lowest BCUT2D eigenvalue weighted by Gasteiger charge is -2.30. The molecule has 3 rings (SSSR count). The van der Waals surface area contributed by atoms with E-state index in [0.29, 0.717) is 25.6 Å². The Morgan fingerprint density at radius 2 is 2.00 bits per heavy atom. The molecule has 2 heterocycles. The van der Waals surface area contributed by atoms with Crippen molar-refractivity contribution in [1.82, 2.24) is 9.62 Å². The minimum atomic E-state index is -3.93. The van der Waals surface area contributed by atoms with Gasteiger partial charge in [0.1, 0.15) is 4.90 Å². The number of nitrogens with one attached hydrogen (secondary N) is 1. The van der Waals surface area contributed by atoms with Crippen LogP contribution in [-0.2, 0) is 24.3 Å². The molecular formula is C20H27ClN2O6S. The third kappa shape index (κ3) is 5.94. The van der Waals surface area contributed by atoms with Crippen molar-refractivity contribution in [1.29, 1.82) is 0 Å². The molecule has 1 N–H and O–H groups in total. The van der Waals surface area contributed by atoms with Crippen LogP contribution < -0.4 is 4.72 Å². The Morgan fingerprint density at radius 3 is 2.67 bits per heavy atom. The topological polar surface area (TPSA) is 102 Å². The Bertz CT molecular complexity index is 877. The molecule has 8 nitrogen and oxygen atoms in total. The Hall–Kier alpha value is -1.68. The first-order valence-electron chi connectivity index (χ1n) is 10.1. The Kier molecular flexibility index (Phi) is 7.73. The first kappa shape index (κ1) is 23.0. The molecule has 1 aromatic rings. The molecule has 2 saturated heterocycles. The van der Waals surface area contributed by atoms with Gasteiger partial charge in [-0.2, -0.15) is 0 Å². The van der Waals surface area contributed by atoms with Crippen molar-refractivity contribution in [2.24, 2.45) is 5.92 Å². The van der Waals surface area contributed by atoms with E-state index in [1.807, 2.05) is 0 Å². The normalized spacial score (nSPS) is 20.3. The van der Waals surface area contributed by atoms with Gasteiger partial charge < -0.3 is 14.4 Å². The molecule has 2 fully saturated rings. The van der Waals surface area contributed by atoms with Gasteiger partial charge in [-0.3, -0.25) is 4.79 Å². The fourth-order valence-electron chi connectivity index (χ4n) is 3.48. The van der Waals surface area contributed by atoms with Crippen LogP contribution in [0.1, 0.15) is 43.0 Å². The van der Waals surface area contributed by atoms with E-state index in [2.05, 4.69) is 11.6 Å². The number of hydrogen-bond donors (Lipinski definition) is 1. The van der Waals surface area contributed by atoms with Crippen LogP contribution >= 0.6 is 11.6 Å². The van der Waals surface area contributed by atoms with E-state index in [9.17, 15) is 18.0 Å². The van der Waals surface area contributed by atoms with E-state index in [1.54, 1.807) is 4.90 Å². The van der Waals surface area contributed by atoms with E-state index in [0.717, 1.165) is 31.7 Å². The van der Waals surface area contributed by atoms with Crippen LogP contribution in [-0.4, -0.2) is 64.1 Å². The molecule has 10 heteroatoms. The number of likely N-dealkylation sites (tertiary alicyclic amines) is 1. The molecule has 1 amide bonds. The third-order valence-electron chi connectivity index (χ3n) is 5.44. The fraction of sp³-hybridized carbons (Fsp3) is 0.600. The van der Waals surface area contributed by atoms with Crippen molar-refractivity contribution in [2.75, 3.05) is 32.8 Å². The molecule has 0 aliphatic carbocycles. The zero-order valence-electron chi connectivity index (χ0n) is 16.9. The van der Waals surface area contributed by atoms with Crippen molar-refractivity contribution < 1.29 is 27.5 Å². The highest BCUT2D eigenvalue weighted by molar-refractivity contribution is 7.89. The van der Waals surface area contributed by atoms with Crippen LogP contribution in [0.3, 0.4) is 0 Å². The Morgan fingerprint density at radius 1 is 1.27 bits per heavy atom. The zero-order chi connectivity index (χ0) is 21.7. The van der Waals surface area contributed by atoms with Crippen molar-refractivity contribution in [2.45, 2.75) is 43.6 Å². The molecule has 166 valence electrons. The molecule has 1 aromatic carbocycles. The summed E-state index contributed by atoms with van der Waals surface area (Å²) in [5.41, 5.74) is 0.0111. The lowest BCUT2D eigenvalue weighted by Crippen LogP contribution is -2.40. The molecule has 2 aliphatic rings. The summed E-state index contributed by atoms with van der Waals surface area (Å²) in [5, 5.41) is -0.00935. The number of nitrogens with zero attached hydrogens (tertiary/aromatic N) is 1. The molecule has 0 spiro atoms. The highest BCUT2D eigenvalue weighted by Crippen LogP contribution is 2.24. The van der Waals surface area contributed by atoms with Crippen LogP contribution in [0.4, 0.5) is 0 Å². The summed E-state index contributed by atoms with van der Waals surface area (Å²) in [6.45, 7) is 3.81. The summed E-state index contributed by atoms with van der Waals surface area (Å²) in [6.07, 6.45) is 3.36. The summed E-state index contributed by atoms with van der Waals surface area (Å²) in [4.78, 5) is 26.1. The number of amides is 1. The smallest absolute Gasteiger partial charge is 0.338 e. The van der Waals surface area contributed by atoms with Gasteiger partial charge in [0.05, 0.1) is 16.7 Å². The highest BCUT2D eigenvalue weighted by Gasteiger charge is 2.25. The Labute approximate surface area is 181 Å². The van der Waals surface area contributed by atoms with Gasteiger partial charge in [0.25, 0.3) is 5.91 Å². The van der Waals surface area contributed by atoms with Gasteiger partial charge in [0.15, 0.2) is 6.61 Å². The predicted molar refractivity (Wildman–Crippen MR) is 111 cm³/mol. The minimum absolute atomic E-state index is 0.00935. The van der Waals surface area contributed by atoms with Crippen molar-refractivity contribution in [3.05, 3.63) is 28.8 Å². The number of sulfonamides is 1. The number of ether oxygens (including phenoxy) is 2.